The minimum absolute atomic E-state index is 0.0235. The second-order valence-electron chi connectivity index (χ2n) is 8.25. The maximum atomic E-state index is 13.5. The summed E-state index contributed by atoms with van der Waals surface area (Å²) in [6, 6.07) is 18.8. The SMILES string of the molecule is Cn1c(-c2ccccc2)c(C(=O)NC2CC3CCC(C2)N3C=O)c2ccccc21. The molecule has 1 aromatic heterocycles. The van der Waals surface area contributed by atoms with Crippen LogP contribution < -0.4 is 5.32 Å². The largest absolute Gasteiger partial charge is 0.349 e. The maximum Gasteiger partial charge on any atom is 0.254 e. The Morgan fingerprint density at radius 2 is 1.66 bits per heavy atom. The number of rotatable bonds is 4. The summed E-state index contributed by atoms with van der Waals surface area (Å²) < 4.78 is 2.11. The molecule has 2 fully saturated rings. The fraction of sp³-hybridized carbons (Fsp3) is 0.333. The molecule has 2 atom stereocenters. The van der Waals surface area contributed by atoms with Crippen LogP contribution >= 0.6 is 0 Å². The molecule has 2 aliphatic rings. The molecule has 3 aromatic rings. The van der Waals surface area contributed by atoms with Crippen LogP contribution in [0, 0.1) is 0 Å². The van der Waals surface area contributed by atoms with E-state index in [1.807, 2.05) is 60.5 Å². The second kappa shape index (κ2) is 7.07. The van der Waals surface area contributed by atoms with Crippen molar-refractivity contribution in [3.8, 4) is 11.3 Å². The highest BCUT2D eigenvalue weighted by atomic mass is 16.2. The summed E-state index contributed by atoms with van der Waals surface area (Å²) in [6.45, 7) is 0. The van der Waals surface area contributed by atoms with Crippen molar-refractivity contribution in [2.24, 2.45) is 7.05 Å². The average Bonchev–Trinajstić information content (AvgIpc) is 3.19. The maximum absolute atomic E-state index is 13.5. The van der Waals surface area contributed by atoms with Crippen LogP contribution in [-0.2, 0) is 11.8 Å². The van der Waals surface area contributed by atoms with E-state index >= 15 is 0 Å². The van der Waals surface area contributed by atoms with Gasteiger partial charge in [-0.15, -0.1) is 0 Å². The number of fused-ring (bicyclic) bond motifs is 3. The van der Waals surface area contributed by atoms with Crippen LogP contribution in [0.3, 0.4) is 0 Å². The highest BCUT2D eigenvalue weighted by Crippen LogP contribution is 2.36. The number of aromatic nitrogens is 1. The predicted molar refractivity (Wildman–Crippen MR) is 114 cm³/mol. The van der Waals surface area contributed by atoms with E-state index in [0.29, 0.717) is 0 Å². The van der Waals surface area contributed by atoms with Gasteiger partial charge in [0.2, 0.25) is 6.41 Å². The number of carbonyl (C=O) groups is 2. The number of carbonyl (C=O) groups excluding carboxylic acids is 2. The summed E-state index contributed by atoms with van der Waals surface area (Å²) in [5.41, 5.74) is 3.76. The van der Waals surface area contributed by atoms with Crippen molar-refractivity contribution in [3.63, 3.8) is 0 Å². The number of aryl methyl sites for hydroxylation is 1. The second-order valence-corrected chi connectivity index (χ2v) is 8.25. The lowest BCUT2D eigenvalue weighted by molar-refractivity contribution is -0.122. The Balaban J connectivity index is 1.51. The van der Waals surface area contributed by atoms with Crippen LogP contribution in [0.4, 0.5) is 0 Å². The van der Waals surface area contributed by atoms with E-state index in [1.165, 1.54) is 0 Å². The number of benzene rings is 2. The number of piperidine rings is 1. The fourth-order valence-corrected chi connectivity index (χ4v) is 5.32. The van der Waals surface area contributed by atoms with E-state index in [0.717, 1.165) is 59.8 Å². The van der Waals surface area contributed by atoms with Crippen LogP contribution in [0.1, 0.15) is 36.0 Å². The first kappa shape index (κ1) is 18.0. The van der Waals surface area contributed by atoms with Crippen molar-refractivity contribution < 1.29 is 9.59 Å². The molecule has 5 heteroatoms. The fourth-order valence-electron chi connectivity index (χ4n) is 5.32. The Bertz CT molecular complexity index is 1060. The molecule has 3 heterocycles. The third kappa shape index (κ3) is 2.92. The Morgan fingerprint density at radius 1 is 1.00 bits per heavy atom. The molecular formula is C24H25N3O2. The molecule has 2 saturated heterocycles. The Kier molecular flexibility index (Phi) is 4.38. The lowest BCUT2D eigenvalue weighted by atomic mass is 9.97. The van der Waals surface area contributed by atoms with Crippen molar-refractivity contribution in [2.75, 3.05) is 0 Å². The average molecular weight is 387 g/mol. The molecule has 0 radical (unpaired) electrons. The van der Waals surface area contributed by atoms with Gasteiger partial charge in [0.1, 0.15) is 0 Å². The molecule has 2 amide bonds. The van der Waals surface area contributed by atoms with Crippen molar-refractivity contribution in [2.45, 2.75) is 43.8 Å². The Morgan fingerprint density at radius 3 is 2.34 bits per heavy atom. The van der Waals surface area contributed by atoms with Crippen molar-refractivity contribution in [1.82, 2.24) is 14.8 Å². The number of hydrogen-bond acceptors (Lipinski definition) is 2. The normalized spacial score (nSPS) is 23.3. The summed E-state index contributed by atoms with van der Waals surface area (Å²) >= 11 is 0. The van der Waals surface area contributed by atoms with Gasteiger partial charge in [0.15, 0.2) is 0 Å². The minimum Gasteiger partial charge on any atom is -0.349 e. The zero-order valence-electron chi connectivity index (χ0n) is 16.5. The van der Waals surface area contributed by atoms with Gasteiger partial charge in [0.05, 0.1) is 11.3 Å². The zero-order valence-corrected chi connectivity index (χ0v) is 16.5. The van der Waals surface area contributed by atoms with Crippen LogP contribution in [0.5, 0.6) is 0 Å². The molecular weight excluding hydrogens is 362 g/mol. The number of hydrogen-bond donors (Lipinski definition) is 1. The molecule has 148 valence electrons. The van der Waals surface area contributed by atoms with Gasteiger partial charge in [0, 0.05) is 36.1 Å². The lowest BCUT2D eigenvalue weighted by Crippen LogP contribution is -2.49. The van der Waals surface area contributed by atoms with Gasteiger partial charge in [-0.25, -0.2) is 0 Å². The summed E-state index contributed by atoms with van der Waals surface area (Å²) in [7, 11) is 2.02. The molecule has 0 saturated carbocycles. The first-order valence-corrected chi connectivity index (χ1v) is 10.3. The first-order valence-electron chi connectivity index (χ1n) is 10.3. The Hall–Kier alpha value is -3.08. The van der Waals surface area contributed by atoms with Crippen molar-refractivity contribution in [3.05, 3.63) is 60.2 Å². The first-order chi connectivity index (χ1) is 14.2. The van der Waals surface area contributed by atoms with Crippen LogP contribution in [-0.4, -0.2) is 39.9 Å². The predicted octanol–water partition coefficient (Wildman–Crippen LogP) is 3.73. The van der Waals surface area contributed by atoms with Gasteiger partial charge >= 0.3 is 0 Å². The highest BCUT2D eigenvalue weighted by Gasteiger charge is 2.40. The summed E-state index contributed by atoms with van der Waals surface area (Å²) in [5.74, 6) is -0.0235. The molecule has 2 unspecified atom stereocenters. The van der Waals surface area contributed by atoms with E-state index < -0.39 is 0 Å². The monoisotopic (exact) mass is 387 g/mol. The van der Waals surface area contributed by atoms with Gasteiger partial charge in [0.25, 0.3) is 5.91 Å². The summed E-state index contributed by atoms with van der Waals surface area (Å²) in [6.07, 6.45) is 4.75. The number of amides is 2. The quantitative estimate of drug-likeness (QED) is 0.694. The number of nitrogens with one attached hydrogen (secondary N) is 1. The summed E-state index contributed by atoms with van der Waals surface area (Å²) in [4.78, 5) is 26.8. The van der Waals surface area contributed by atoms with E-state index in [-0.39, 0.29) is 24.0 Å². The van der Waals surface area contributed by atoms with Gasteiger partial charge in [-0.2, -0.15) is 0 Å². The van der Waals surface area contributed by atoms with E-state index in [4.69, 9.17) is 0 Å². The summed E-state index contributed by atoms with van der Waals surface area (Å²) in [5, 5.41) is 4.27. The van der Waals surface area contributed by atoms with Crippen LogP contribution in [0.2, 0.25) is 0 Å². The Labute approximate surface area is 170 Å². The van der Waals surface area contributed by atoms with Gasteiger partial charge in [-0.1, -0.05) is 48.5 Å². The number of para-hydroxylation sites is 1. The van der Waals surface area contributed by atoms with Crippen molar-refractivity contribution in [1.29, 1.82) is 0 Å². The molecule has 1 N–H and O–H groups in total. The molecule has 0 aliphatic carbocycles. The molecule has 29 heavy (non-hydrogen) atoms. The van der Waals surface area contributed by atoms with E-state index in [1.54, 1.807) is 0 Å². The van der Waals surface area contributed by atoms with Gasteiger partial charge in [-0.3, -0.25) is 9.59 Å². The van der Waals surface area contributed by atoms with Crippen LogP contribution in [0.15, 0.2) is 54.6 Å². The molecule has 5 nitrogen and oxygen atoms in total. The van der Waals surface area contributed by atoms with Crippen LogP contribution in [0.25, 0.3) is 22.2 Å². The zero-order chi connectivity index (χ0) is 20.0. The lowest BCUT2D eigenvalue weighted by Gasteiger charge is -2.36. The van der Waals surface area contributed by atoms with E-state index in [2.05, 4.69) is 16.0 Å². The smallest absolute Gasteiger partial charge is 0.254 e. The molecule has 2 aliphatic heterocycles. The third-order valence-corrected chi connectivity index (χ3v) is 6.63. The highest BCUT2D eigenvalue weighted by molar-refractivity contribution is 6.12. The number of nitrogens with zero attached hydrogens (tertiary/aromatic N) is 2. The van der Waals surface area contributed by atoms with Gasteiger partial charge in [-0.05, 0) is 37.3 Å². The molecule has 5 rings (SSSR count). The topological polar surface area (TPSA) is 54.3 Å². The minimum atomic E-state index is -0.0235. The molecule has 0 spiro atoms. The van der Waals surface area contributed by atoms with Crippen molar-refractivity contribution >= 4 is 23.2 Å². The van der Waals surface area contributed by atoms with Gasteiger partial charge < -0.3 is 14.8 Å². The van der Waals surface area contributed by atoms with E-state index in [9.17, 15) is 9.59 Å². The third-order valence-electron chi connectivity index (χ3n) is 6.63. The molecule has 2 bridgehead atoms. The standard InChI is InChI=1S/C24H25N3O2/c1-26-21-10-6-5-9-20(21)22(23(26)16-7-3-2-4-8-16)24(29)25-17-13-18-11-12-19(14-17)27(18)15-28/h2-10,15,17-19H,11-14H2,1H3,(H,25,29). The molecule has 2 aromatic carbocycles.